The van der Waals surface area contributed by atoms with E-state index in [1.807, 2.05) is 6.07 Å². The number of hydrogen-bond acceptors (Lipinski definition) is 2. The minimum Gasteiger partial charge on any atom is -0.456 e. The molecule has 0 saturated carbocycles. The van der Waals surface area contributed by atoms with Gasteiger partial charge >= 0.3 is 0 Å². The monoisotopic (exact) mass is 777 g/mol. The maximum absolute atomic E-state index is 6.60. The molecular formula is C59H39NO. The Labute approximate surface area is 355 Å². The Morgan fingerprint density at radius 3 is 1.70 bits per heavy atom. The molecule has 1 aromatic heterocycles. The van der Waals surface area contributed by atoms with Crippen LogP contribution in [-0.4, -0.2) is 0 Å². The van der Waals surface area contributed by atoms with Crippen LogP contribution in [0.2, 0.25) is 0 Å². The third-order valence-corrected chi connectivity index (χ3v) is 12.7. The van der Waals surface area contributed by atoms with E-state index >= 15 is 0 Å². The summed E-state index contributed by atoms with van der Waals surface area (Å²) in [4.78, 5) is 2.45. The van der Waals surface area contributed by atoms with Gasteiger partial charge in [0.25, 0.3) is 0 Å². The molecule has 0 atom stereocenters. The highest BCUT2D eigenvalue weighted by molar-refractivity contribution is 6.06. The van der Waals surface area contributed by atoms with Crippen LogP contribution in [-0.2, 0) is 5.41 Å². The van der Waals surface area contributed by atoms with E-state index < -0.39 is 5.41 Å². The van der Waals surface area contributed by atoms with Gasteiger partial charge in [-0.2, -0.15) is 0 Å². The van der Waals surface area contributed by atoms with Gasteiger partial charge in [0, 0.05) is 33.8 Å². The molecule has 0 spiro atoms. The lowest BCUT2D eigenvalue weighted by molar-refractivity contribution is 0.669. The Morgan fingerprint density at radius 1 is 0.328 bits per heavy atom. The lowest BCUT2D eigenvalue weighted by Crippen LogP contribution is -2.28. The van der Waals surface area contributed by atoms with Crippen molar-refractivity contribution in [3.63, 3.8) is 0 Å². The van der Waals surface area contributed by atoms with Gasteiger partial charge in [-0.15, -0.1) is 0 Å². The molecule has 0 aliphatic heterocycles. The van der Waals surface area contributed by atoms with E-state index in [2.05, 4.69) is 235 Å². The third-order valence-electron chi connectivity index (χ3n) is 12.7. The number of hydrogen-bond donors (Lipinski definition) is 0. The minimum absolute atomic E-state index is 0.548. The largest absolute Gasteiger partial charge is 0.456 e. The summed E-state index contributed by atoms with van der Waals surface area (Å²) in [5.41, 5.74) is 16.5. The topological polar surface area (TPSA) is 16.4 Å². The fourth-order valence-electron chi connectivity index (χ4n) is 9.98. The van der Waals surface area contributed by atoms with Gasteiger partial charge in [0.1, 0.15) is 11.2 Å². The Hall–Kier alpha value is -7.94. The van der Waals surface area contributed by atoms with Crippen molar-refractivity contribution in [3.8, 4) is 33.4 Å². The molecule has 10 aromatic carbocycles. The van der Waals surface area contributed by atoms with Gasteiger partial charge in [-0.25, -0.2) is 0 Å². The number of fused-ring (bicyclic) bond motifs is 7. The van der Waals surface area contributed by atoms with Crippen molar-refractivity contribution in [2.75, 3.05) is 4.90 Å². The van der Waals surface area contributed by atoms with Crippen molar-refractivity contribution in [2.24, 2.45) is 0 Å². The van der Waals surface area contributed by atoms with Crippen molar-refractivity contribution in [2.45, 2.75) is 5.41 Å². The molecular weight excluding hydrogens is 739 g/mol. The predicted molar refractivity (Wildman–Crippen MR) is 254 cm³/mol. The van der Waals surface area contributed by atoms with Crippen molar-refractivity contribution < 1.29 is 4.42 Å². The molecule has 0 fully saturated rings. The van der Waals surface area contributed by atoms with Crippen LogP contribution in [0.1, 0.15) is 22.3 Å². The summed E-state index contributed by atoms with van der Waals surface area (Å²) < 4.78 is 6.60. The van der Waals surface area contributed by atoms with Crippen LogP contribution < -0.4 is 4.90 Å². The van der Waals surface area contributed by atoms with Crippen molar-refractivity contribution in [3.05, 3.63) is 259 Å². The van der Waals surface area contributed by atoms with E-state index in [-0.39, 0.29) is 0 Å². The SMILES string of the molecule is c1ccc(-c2ccc(-c3ccc4ccccc4c3)cc2N(c2ccc3c(c2)C(c2ccccc2)(c2ccccc2)c2ccccc2-3)c2ccc3c(c2)oc2ccccc23)cc1. The average molecular weight is 778 g/mol. The van der Waals surface area contributed by atoms with Gasteiger partial charge < -0.3 is 9.32 Å². The molecule has 0 bridgehead atoms. The van der Waals surface area contributed by atoms with Gasteiger partial charge in [-0.1, -0.05) is 188 Å². The smallest absolute Gasteiger partial charge is 0.137 e. The second kappa shape index (κ2) is 14.1. The number of rotatable bonds is 7. The second-order valence-electron chi connectivity index (χ2n) is 16.0. The van der Waals surface area contributed by atoms with E-state index in [0.29, 0.717) is 0 Å². The highest BCUT2D eigenvalue weighted by atomic mass is 16.3. The standard InChI is InChI=1S/C59H39NO/c1-4-17-41(18-5-1)49-33-30-44(43-29-28-40-16-10-11-19-42(40)36-43)37-56(49)60(48-32-35-53-52-25-13-15-27-57(52)61-58(53)39-48)47-31-34-51-50-24-12-14-26-54(50)59(55(51)38-47,45-20-6-2-7-21-45)46-22-8-3-9-23-46/h1-39H. The van der Waals surface area contributed by atoms with Gasteiger partial charge in [0.05, 0.1) is 11.1 Å². The molecule has 0 unspecified atom stereocenters. The molecule has 11 aromatic rings. The van der Waals surface area contributed by atoms with Crippen LogP contribution >= 0.6 is 0 Å². The fraction of sp³-hybridized carbons (Fsp3) is 0.0169. The summed E-state index contributed by atoms with van der Waals surface area (Å²) in [5, 5.41) is 4.67. The maximum atomic E-state index is 6.60. The van der Waals surface area contributed by atoms with Gasteiger partial charge in [0.15, 0.2) is 0 Å². The molecule has 1 heterocycles. The molecule has 0 radical (unpaired) electrons. The van der Waals surface area contributed by atoms with Gasteiger partial charge in [-0.3, -0.25) is 0 Å². The molecule has 61 heavy (non-hydrogen) atoms. The van der Waals surface area contributed by atoms with Crippen LogP contribution in [0.4, 0.5) is 17.1 Å². The van der Waals surface area contributed by atoms with E-state index in [9.17, 15) is 0 Å². The fourth-order valence-corrected chi connectivity index (χ4v) is 9.98. The average Bonchev–Trinajstić information content (AvgIpc) is 3.85. The Kier molecular flexibility index (Phi) is 8.11. The van der Waals surface area contributed by atoms with Crippen LogP contribution in [0.25, 0.3) is 66.1 Å². The number of furan rings is 1. The van der Waals surface area contributed by atoms with E-state index in [1.54, 1.807) is 0 Å². The number of benzene rings is 10. The lowest BCUT2D eigenvalue weighted by Gasteiger charge is -2.35. The van der Waals surface area contributed by atoms with Crippen molar-refractivity contribution in [1.82, 2.24) is 0 Å². The first-order chi connectivity index (χ1) is 30.2. The quantitative estimate of drug-likeness (QED) is 0.160. The van der Waals surface area contributed by atoms with E-state index in [0.717, 1.165) is 55.7 Å². The second-order valence-corrected chi connectivity index (χ2v) is 16.0. The maximum Gasteiger partial charge on any atom is 0.137 e. The first kappa shape index (κ1) is 35.0. The van der Waals surface area contributed by atoms with Gasteiger partial charge in [-0.05, 0) is 103 Å². The molecule has 12 rings (SSSR count). The zero-order valence-corrected chi connectivity index (χ0v) is 33.4. The Bertz CT molecular complexity index is 3380. The van der Waals surface area contributed by atoms with Crippen LogP contribution in [0.3, 0.4) is 0 Å². The summed E-state index contributed by atoms with van der Waals surface area (Å²) >= 11 is 0. The highest BCUT2D eigenvalue weighted by Gasteiger charge is 2.46. The minimum atomic E-state index is -0.548. The zero-order valence-electron chi connectivity index (χ0n) is 33.4. The molecule has 1 aliphatic rings. The summed E-state index contributed by atoms with van der Waals surface area (Å²) in [6.45, 7) is 0. The van der Waals surface area contributed by atoms with E-state index in [4.69, 9.17) is 4.42 Å². The zero-order chi connectivity index (χ0) is 40.3. The number of anilines is 3. The first-order valence-electron chi connectivity index (χ1n) is 21.0. The first-order valence-corrected chi connectivity index (χ1v) is 21.0. The molecule has 0 saturated heterocycles. The molecule has 0 N–H and O–H groups in total. The van der Waals surface area contributed by atoms with Crippen molar-refractivity contribution >= 4 is 49.8 Å². The molecule has 2 heteroatoms. The molecule has 1 aliphatic carbocycles. The van der Waals surface area contributed by atoms with Gasteiger partial charge in [0.2, 0.25) is 0 Å². The summed E-state index contributed by atoms with van der Waals surface area (Å²) in [5.74, 6) is 0. The van der Waals surface area contributed by atoms with Crippen molar-refractivity contribution in [1.29, 1.82) is 0 Å². The number of nitrogens with zero attached hydrogens (tertiary/aromatic N) is 1. The summed E-state index contributed by atoms with van der Waals surface area (Å²) in [6, 6.07) is 86.2. The van der Waals surface area contributed by atoms with Crippen LogP contribution in [0.5, 0.6) is 0 Å². The summed E-state index contributed by atoms with van der Waals surface area (Å²) in [6.07, 6.45) is 0. The molecule has 0 amide bonds. The molecule has 2 nitrogen and oxygen atoms in total. The van der Waals surface area contributed by atoms with Crippen LogP contribution in [0, 0.1) is 0 Å². The Balaban J connectivity index is 1.16. The number of para-hydroxylation sites is 1. The lowest BCUT2D eigenvalue weighted by atomic mass is 9.67. The third kappa shape index (κ3) is 5.57. The summed E-state index contributed by atoms with van der Waals surface area (Å²) in [7, 11) is 0. The highest BCUT2D eigenvalue weighted by Crippen LogP contribution is 2.57. The normalized spacial score (nSPS) is 12.7. The van der Waals surface area contributed by atoms with Crippen LogP contribution in [0.15, 0.2) is 241 Å². The predicted octanol–water partition coefficient (Wildman–Crippen LogP) is 15.9. The Morgan fingerprint density at radius 2 is 0.902 bits per heavy atom. The molecule has 286 valence electrons. The van der Waals surface area contributed by atoms with E-state index in [1.165, 1.54) is 49.7 Å².